The van der Waals surface area contributed by atoms with E-state index in [9.17, 15) is 31.1 Å². The predicted molar refractivity (Wildman–Crippen MR) is 85.0 cm³/mol. The summed E-state index contributed by atoms with van der Waals surface area (Å²) in [6.07, 6.45) is -10.7. The molecule has 0 aromatic heterocycles. The molecule has 0 saturated heterocycles. The van der Waals surface area contributed by atoms with Crippen molar-refractivity contribution in [2.24, 2.45) is 0 Å². The van der Waals surface area contributed by atoms with E-state index in [-0.39, 0.29) is 11.4 Å². The van der Waals surface area contributed by atoms with Gasteiger partial charge in [0.15, 0.2) is 6.10 Å². The molecular formula is C17H13F6NO4. The summed E-state index contributed by atoms with van der Waals surface area (Å²) in [6.45, 7) is 1.39. The second-order valence-corrected chi connectivity index (χ2v) is 5.34. The summed E-state index contributed by atoms with van der Waals surface area (Å²) in [5.41, 5.74) is 0.198. The fraction of sp³-hybridized carbons (Fsp3) is 0.235. The highest BCUT2D eigenvalue weighted by Crippen LogP contribution is 2.26. The molecule has 28 heavy (non-hydrogen) atoms. The number of alkyl halides is 6. The third-order valence-electron chi connectivity index (χ3n) is 3.09. The van der Waals surface area contributed by atoms with Crippen molar-refractivity contribution in [3.05, 3.63) is 48.5 Å². The number of benzene rings is 2. The van der Waals surface area contributed by atoms with Crippen molar-refractivity contribution < 1.29 is 45.3 Å². The van der Waals surface area contributed by atoms with Gasteiger partial charge in [-0.25, -0.2) is 0 Å². The van der Waals surface area contributed by atoms with E-state index in [1.807, 2.05) is 0 Å². The third kappa shape index (κ3) is 7.25. The highest BCUT2D eigenvalue weighted by atomic mass is 19.4. The predicted octanol–water partition coefficient (Wildman–Crippen LogP) is 4.89. The summed E-state index contributed by atoms with van der Waals surface area (Å²) in [6, 6.07) is 8.87. The first-order chi connectivity index (χ1) is 12.9. The number of hydrogen-bond acceptors (Lipinski definition) is 4. The molecule has 0 fully saturated rings. The number of carbonyl (C=O) groups excluding carboxylic acids is 1. The van der Waals surface area contributed by atoms with E-state index in [1.54, 1.807) is 0 Å². The summed E-state index contributed by atoms with van der Waals surface area (Å²) < 4.78 is 85.3. The number of amides is 1. The molecule has 1 N–H and O–H groups in total. The van der Waals surface area contributed by atoms with Gasteiger partial charge in [0.25, 0.3) is 5.91 Å². The molecule has 2 rings (SSSR count). The average Bonchev–Trinajstić information content (AvgIpc) is 2.55. The highest BCUT2D eigenvalue weighted by molar-refractivity contribution is 5.94. The number of nitrogens with one attached hydrogen (secondary N) is 1. The van der Waals surface area contributed by atoms with Crippen LogP contribution < -0.4 is 19.5 Å². The van der Waals surface area contributed by atoms with Gasteiger partial charge in [0.05, 0.1) is 0 Å². The van der Waals surface area contributed by atoms with Gasteiger partial charge in [-0.3, -0.25) is 4.79 Å². The lowest BCUT2D eigenvalue weighted by molar-refractivity contribution is -0.275. The smallest absolute Gasteiger partial charge is 0.481 e. The Labute approximate surface area is 154 Å². The number of ether oxygens (including phenoxy) is 3. The number of anilines is 1. The van der Waals surface area contributed by atoms with E-state index < -0.39 is 36.2 Å². The fourth-order valence-corrected chi connectivity index (χ4v) is 1.96. The first-order valence-corrected chi connectivity index (χ1v) is 7.60. The molecule has 0 radical (unpaired) electrons. The minimum Gasteiger partial charge on any atom is -0.481 e. The quantitative estimate of drug-likeness (QED) is 0.691. The molecule has 0 aliphatic heterocycles. The van der Waals surface area contributed by atoms with Gasteiger partial charge in [-0.15, -0.1) is 26.3 Å². The Morgan fingerprint density at radius 2 is 1.18 bits per heavy atom. The summed E-state index contributed by atoms with van der Waals surface area (Å²) in [5, 5.41) is 2.42. The van der Waals surface area contributed by atoms with Crippen molar-refractivity contribution >= 4 is 11.6 Å². The number of hydrogen-bond donors (Lipinski definition) is 1. The zero-order valence-corrected chi connectivity index (χ0v) is 14.1. The van der Waals surface area contributed by atoms with E-state index in [4.69, 9.17) is 4.74 Å². The zero-order valence-electron chi connectivity index (χ0n) is 14.1. The van der Waals surface area contributed by atoms with Crippen LogP contribution in [0.4, 0.5) is 32.0 Å². The van der Waals surface area contributed by atoms with E-state index in [2.05, 4.69) is 14.8 Å². The van der Waals surface area contributed by atoms with Crippen LogP contribution in [0.15, 0.2) is 48.5 Å². The van der Waals surface area contributed by atoms with Gasteiger partial charge in [-0.1, -0.05) is 0 Å². The average molecular weight is 409 g/mol. The number of rotatable bonds is 6. The summed E-state index contributed by atoms with van der Waals surface area (Å²) in [4.78, 5) is 12.1. The van der Waals surface area contributed by atoms with Gasteiger partial charge >= 0.3 is 12.7 Å². The van der Waals surface area contributed by atoms with E-state index in [0.29, 0.717) is 0 Å². The molecule has 152 valence electrons. The van der Waals surface area contributed by atoms with Crippen molar-refractivity contribution in [1.29, 1.82) is 0 Å². The van der Waals surface area contributed by atoms with Crippen LogP contribution in [0.5, 0.6) is 17.2 Å². The molecule has 5 nitrogen and oxygen atoms in total. The van der Waals surface area contributed by atoms with Crippen molar-refractivity contribution in [2.75, 3.05) is 5.32 Å². The molecule has 2 aromatic carbocycles. The maximum Gasteiger partial charge on any atom is 0.573 e. The lowest BCUT2D eigenvalue weighted by Gasteiger charge is -2.16. The molecule has 0 aliphatic rings. The first kappa shape index (κ1) is 21.2. The molecule has 2 aromatic rings. The van der Waals surface area contributed by atoms with Crippen molar-refractivity contribution in [3.8, 4) is 17.2 Å². The maximum absolute atomic E-state index is 12.1. The van der Waals surface area contributed by atoms with Crippen LogP contribution in [-0.2, 0) is 4.79 Å². The van der Waals surface area contributed by atoms with Crippen molar-refractivity contribution in [3.63, 3.8) is 0 Å². The van der Waals surface area contributed by atoms with E-state index >= 15 is 0 Å². The molecule has 0 heterocycles. The van der Waals surface area contributed by atoms with E-state index in [0.717, 1.165) is 24.3 Å². The van der Waals surface area contributed by atoms with Crippen LogP contribution >= 0.6 is 0 Å². The second kappa shape index (κ2) is 8.28. The minimum atomic E-state index is -4.83. The Morgan fingerprint density at radius 1 is 0.786 bits per heavy atom. The molecule has 0 bridgehead atoms. The monoisotopic (exact) mass is 409 g/mol. The molecule has 0 saturated carbocycles. The largest absolute Gasteiger partial charge is 0.573 e. The lowest BCUT2D eigenvalue weighted by atomic mass is 10.2. The van der Waals surface area contributed by atoms with Crippen LogP contribution in [0.3, 0.4) is 0 Å². The Hall–Kier alpha value is -3.11. The van der Waals surface area contributed by atoms with Crippen LogP contribution in [0.25, 0.3) is 0 Å². The zero-order chi connectivity index (χ0) is 20.9. The van der Waals surface area contributed by atoms with Gasteiger partial charge in [-0.05, 0) is 55.5 Å². The normalized spacial score (nSPS) is 12.8. The summed E-state index contributed by atoms with van der Waals surface area (Å²) in [5.74, 6) is -1.40. The van der Waals surface area contributed by atoms with Crippen LogP contribution in [-0.4, -0.2) is 24.7 Å². The summed E-state index contributed by atoms with van der Waals surface area (Å²) in [7, 11) is 0. The van der Waals surface area contributed by atoms with E-state index in [1.165, 1.54) is 31.2 Å². The molecular weight excluding hydrogens is 396 g/mol. The molecule has 11 heteroatoms. The molecule has 1 amide bonds. The summed E-state index contributed by atoms with van der Waals surface area (Å²) >= 11 is 0. The molecule has 0 aliphatic carbocycles. The highest BCUT2D eigenvalue weighted by Gasteiger charge is 2.31. The Bertz CT molecular complexity index is 787. The van der Waals surface area contributed by atoms with Gasteiger partial charge < -0.3 is 19.5 Å². The maximum atomic E-state index is 12.1. The van der Waals surface area contributed by atoms with Crippen molar-refractivity contribution in [1.82, 2.24) is 0 Å². The van der Waals surface area contributed by atoms with Crippen LogP contribution in [0.2, 0.25) is 0 Å². The first-order valence-electron chi connectivity index (χ1n) is 7.60. The van der Waals surface area contributed by atoms with Gasteiger partial charge in [-0.2, -0.15) is 0 Å². The SMILES string of the molecule is C[C@H](Oc1ccc(OC(F)(F)F)cc1)C(=O)Nc1ccc(OC(F)(F)F)cc1. The van der Waals surface area contributed by atoms with Gasteiger partial charge in [0.1, 0.15) is 17.2 Å². The van der Waals surface area contributed by atoms with Crippen LogP contribution in [0.1, 0.15) is 6.92 Å². The topological polar surface area (TPSA) is 56.8 Å². The van der Waals surface area contributed by atoms with Gasteiger partial charge in [0.2, 0.25) is 0 Å². The standard InChI is InChI=1S/C17H13F6NO4/c1-10(26-12-6-8-14(9-7-12)28-17(21,22)23)15(25)24-11-2-4-13(5-3-11)27-16(18,19)20/h2-10H,1H3,(H,24,25)/t10-/m0/s1. The Morgan fingerprint density at radius 3 is 1.61 bits per heavy atom. The van der Waals surface area contributed by atoms with Gasteiger partial charge in [0, 0.05) is 5.69 Å². The molecule has 1 atom stereocenters. The van der Waals surface area contributed by atoms with Crippen molar-refractivity contribution in [2.45, 2.75) is 25.8 Å². The Balaban J connectivity index is 1.90. The van der Waals surface area contributed by atoms with Crippen LogP contribution in [0, 0.1) is 0 Å². The number of carbonyl (C=O) groups is 1. The Kier molecular flexibility index (Phi) is 6.26. The molecule has 0 unspecified atom stereocenters. The second-order valence-electron chi connectivity index (χ2n) is 5.34. The lowest BCUT2D eigenvalue weighted by Crippen LogP contribution is -2.30. The fourth-order valence-electron chi connectivity index (χ4n) is 1.96. The third-order valence-corrected chi connectivity index (χ3v) is 3.09. The number of halogens is 6. The molecule has 0 spiro atoms. The minimum absolute atomic E-state index is 0.117.